The molecule has 0 aliphatic carbocycles. The molecular weight excluding hydrogens is 212 g/mol. The van der Waals surface area contributed by atoms with E-state index in [1.54, 1.807) is 12.1 Å². The van der Waals surface area contributed by atoms with Crippen molar-refractivity contribution in [3.05, 3.63) is 35.1 Å². The number of halogens is 1. The number of nitrogens with one attached hydrogen (secondary N) is 2. The molecule has 0 aliphatic heterocycles. The van der Waals surface area contributed by atoms with Crippen LogP contribution in [0.5, 0.6) is 0 Å². The van der Waals surface area contributed by atoms with Gasteiger partial charge in [0.15, 0.2) is 5.82 Å². The maximum atomic E-state index is 5.78. The van der Waals surface area contributed by atoms with Crippen LogP contribution >= 0.6 is 11.6 Å². The second-order valence-electron chi connectivity index (χ2n) is 3.22. The van der Waals surface area contributed by atoms with Gasteiger partial charge >= 0.3 is 0 Å². The second-order valence-corrected chi connectivity index (χ2v) is 3.65. The lowest BCUT2D eigenvalue weighted by Gasteiger charge is -2.03. The van der Waals surface area contributed by atoms with Crippen molar-refractivity contribution in [2.24, 2.45) is 0 Å². The van der Waals surface area contributed by atoms with E-state index in [9.17, 15) is 0 Å². The number of nitrogens with two attached hydrogens (primary N) is 1. The highest BCUT2D eigenvalue weighted by Crippen LogP contribution is 2.21. The molecule has 0 aliphatic rings. The topological polar surface area (TPSA) is 66.7 Å². The Labute approximate surface area is 92.5 Å². The third kappa shape index (κ3) is 2.22. The summed E-state index contributed by atoms with van der Waals surface area (Å²) in [6, 6.07) is 7.34. The summed E-state index contributed by atoms with van der Waals surface area (Å²) < 4.78 is 0. The number of benzene rings is 1. The molecule has 2 rings (SSSR count). The number of hydrogen-bond acceptors (Lipinski definition) is 3. The van der Waals surface area contributed by atoms with Crippen LogP contribution in [0.25, 0.3) is 0 Å². The molecule has 15 heavy (non-hydrogen) atoms. The zero-order valence-corrected chi connectivity index (χ0v) is 8.97. The molecule has 0 radical (unpaired) electrons. The lowest BCUT2D eigenvalue weighted by molar-refractivity contribution is 1.15. The maximum absolute atomic E-state index is 5.78. The first kappa shape index (κ1) is 9.86. The molecule has 2 aromatic rings. The van der Waals surface area contributed by atoms with Crippen molar-refractivity contribution >= 4 is 28.9 Å². The normalized spacial score (nSPS) is 10.3. The van der Waals surface area contributed by atoms with Gasteiger partial charge in [-0.15, -0.1) is 0 Å². The lowest BCUT2D eigenvalue weighted by atomic mass is 10.3. The van der Waals surface area contributed by atoms with E-state index in [4.69, 9.17) is 17.3 Å². The monoisotopic (exact) mass is 222 g/mol. The second kappa shape index (κ2) is 3.82. The van der Waals surface area contributed by atoms with Gasteiger partial charge in [-0.2, -0.15) is 0 Å². The van der Waals surface area contributed by atoms with Gasteiger partial charge in [-0.3, -0.25) is 0 Å². The Kier molecular flexibility index (Phi) is 2.51. The smallest absolute Gasteiger partial charge is 0.173 e. The molecule has 1 aromatic carbocycles. The van der Waals surface area contributed by atoms with Gasteiger partial charge in [-0.05, 0) is 31.2 Å². The summed E-state index contributed by atoms with van der Waals surface area (Å²) in [7, 11) is 0. The minimum Gasteiger partial charge on any atom is -0.382 e. The van der Waals surface area contributed by atoms with Crippen molar-refractivity contribution in [2.45, 2.75) is 6.92 Å². The van der Waals surface area contributed by atoms with Crippen molar-refractivity contribution in [3.8, 4) is 0 Å². The number of aryl methyl sites for hydroxylation is 1. The number of nitrogen functional groups attached to an aromatic ring is 1. The third-order valence-corrected chi connectivity index (χ3v) is 2.21. The van der Waals surface area contributed by atoms with E-state index >= 15 is 0 Å². The van der Waals surface area contributed by atoms with Gasteiger partial charge in [-0.25, -0.2) is 4.98 Å². The number of nitrogens with zero attached hydrogens (tertiary/aromatic N) is 1. The summed E-state index contributed by atoms with van der Waals surface area (Å²) in [4.78, 5) is 7.12. The summed E-state index contributed by atoms with van der Waals surface area (Å²) in [5.74, 6) is 1.95. The van der Waals surface area contributed by atoms with Gasteiger partial charge < -0.3 is 16.0 Å². The average Bonchev–Trinajstić information content (AvgIpc) is 2.49. The standard InChI is InChI=1S/C10H11ClN4/c1-6-13-9(12)10(14-6)15-8-4-2-7(11)3-5-8/h2-5,15H,12H2,1H3,(H,13,14). The number of rotatable bonds is 2. The van der Waals surface area contributed by atoms with Gasteiger partial charge in [0.05, 0.1) is 0 Å². The highest BCUT2D eigenvalue weighted by Gasteiger charge is 2.04. The average molecular weight is 223 g/mol. The van der Waals surface area contributed by atoms with Crippen molar-refractivity contribution in [1.82, 2.24) is 9.97 Å². The molecule has 0 spiro atoms. The molecule has 5 heteroatoms. The Morgan fingerprint density at radius 1 is 1.33 bits per heavy atom. The summed E-state index contributed by atoms with van der Waals surface area (Å²) in [6.45, 7) is 1.85. The van der Waals surface area contributed by atoms with Gasteiger partial charge in [0, 0.05) is 10.7 Å². The maximum Gasteiger partial charge on any atom is 0.173 e. The summed E-state index contributed by atoms with van der Waals surface area (Å²) >= 11 is 5.78. The molecule has 4 nitrogen and oxygen atoms in total. The summed E-state index contributed by atoms with van der Waals surface area (Å²) in [6.07, 6.45) is 0. The number of aromatic amines is 1. The van der Waals surface area contributed by atoms with E-state index in [1.807, 2.05) is 19.1 Å². The first-order valence-corrected chi connectivity index (χ1v) is 4.87. The van der Waals surface area contributed by atoms with Gasteiger partial charge in [-0.1, -0.05) is 11.6 Å². The van der Waals surface area contributed by atoms with E-state index in [0.29, 0.717) is 16.7 Å². The molecule has 0 amide bonds. The Hall–Kier alpha value is -1.68. The largest absolute Gasteiger partial charge is 0.382 e. The fraction of sp³-hybridized carbons (Fsp3) is 0.100. The van der Waals surface area contributed by atoms with Crippen LogP contribution in [0.1, 0.15) is 5.82 Å². The Morgan fingerprint density at radius 3 is 2.53 bits per heavy atom. The van der Waals surface area contributed by atoms with Crippen LogP contribution in [-0.4, -0.2) is 9.97 Å². The van der Waals surface area contributed by atoms with Crippen LogP contribution in [0, 0.1) is 6.92 Å². The van der Waals surface area contributed by atoms with Gasteiger partial charge in [0.2, 0.25) is 0 Å². The van der Waals surface area contributed by atoms with E-state index in [-0.39, 0.29) is 0 Å². The zero-order valence-electron chi connectivity index (χ0n) is 8.21. The van der Waals surface area contributed by atoms with Crippen molar-refractivity contribution in [1.29, 1.82) is 0 Å². The van der Waals surface area contributed by atoms with Crippen molar-refractivity contribution < 1.29 is 0 Å². The quantitative estimate of drug-likeness (QED) is 0.732. The predicted octanol–water partition coefficient (Wildman–Crippen LogP) is 2.70. The number of imidazole rings is 1. The van der Waals surface area contributed by atoms with E-state index in [0.717, 1.165) is 11.5 Å². The molecule has 78 valence electrons. The molecule has 0 saturated heterocycles. The minimum absolute atomic E-state index is 0.530. The van der Waals surface area contributed by atoms with Gasteiger partial charge in [0.1, 0.15) is 11.6 Å². The number of hydrogen-bond donors (Lipinski definition) is 3. The Bertz CT molecular complexity index is 461. The highest BCUT2D eigenvalue weighted by molar-refractivity contribution is 6.30. The molecule has 0 saturated carbocycles. The first-order chi connectivity index (χ1) is 7.15. The lowest BCUT2D eigenvalue weighted by Crippen LogP contribution is -1.94. The van der Waals surface area contributed by atoms with Crippen LogP contribution in [0.2, 0.25) is 5.02 Å². The van der Waals surface area contributed by atoms with Crippen LogP contribution in [0.3, 0.4) is 0 Å². The molecule has 0 unspecified atom stereocenters. The zero-order chi connectivity index (χ0) is 10.8. The molecule has 0 bridgehead atoms. The van der Waals surface area contributed by atoms with E-state index in [2.05, 4.69) is 15.3 Å². The highest BCUT2D eigenvalue weighted by atomic mass is 35.5. The summed E-state index contributed by atoms with van der Waals surface area (Å²) in [5.41, 5.74) is 6.61. The van der Waals surface area contributed by atoms with E-state index in [1.165, 1.54) is 0 Å². The number of H-pyrrole nitrogens is 1. The predicted molar refractivity (Wildman–Crippen MR) is 62.5 cm³/mol. The molecule has 1 aromatic heterocycles. The summed E-state index contributed by atoms with van der Waals surface area (Å²) in [5, 5.41) is 3.79. The van der Waals surface area contributed by atoms with Gasteiger partial charge in [0.25, 0.3) is 0 Å². The van der Waals surface area contributed by atoms with Crippen LogP contribution < -0.4 is 11.1 Å². The van der Waals surface area contributed by atoms with Crippen molar-refractivity contribution in [3.63, 3.8) is 0 Å². The molecule has 1 heterocycles. The third-order valence-electron chi connectivity index (χ3n) is 1.96. The molecular formula is C10H11ClN4. The Balaban J connectivity index is 2.21. The number of anilines is 3. The number of aromatic nitrogens is 2. The minimum atomic E-state index is 0.530. The van der Waals surface area contributed by atoms with Crippen molar-refractivity contribution in [2.75, 3.05) is 11.1 Å². The van der Waals surface area contributed by atoms with Crippen LogP contribution in [0.4, 0.5) is 17.3 Å². The fourth-order valence-electron chi connectivity index (χ4n) is 1.28. The molecule has 4 N–H and O–H groups in total. The van der Waals surface area contributed by atoms with Crippen LogP contribution in [-0.2, 0) is 0 Å². The SMILES string of the molecule is Cc1nc(Nc2ccc(Cl)cc2)c(N)[nH]1. The van der Waals surface area contributed by atoms with E-state index < -0.39 is 0 Å². The molecule has 0 fully saturated rings. The first-order valence-electron chi connectivity index (χ1n) is 4.50. The fourth-order valence-corrected chi connectivity index (χ4v) is 1.40. The Morgan fingerprint density at radius 2 is 2.00 bits per heavy atom. The molecule has 0 atom stereocenters. The van der Waals surface area contributed by atoms with Crippen LogP contribution in [0.15, 0.2) is 24.3 Å².